The summed E-state index contributed by atoms with van der Waals surface area (Å²) < 4.78 is 22.9. The summed E-state index contributed by atoms with van der Waals surface area (Å²) in [4.78, 5) is 4.83. The molecule has 4 aromatic rings. The predicted octanol–water partition coefficient (Wildman–Crippen LogP) is 7.05. The van der Waals surface area contributed by atoms with E-state index < -0.39 is 0 Å². The Balaban J connectivity index is 1.71. The van der Waals surface area contributed by atoms with Crippen LogP contribution >= 0.6 is 0 Å². The van der Waals surface area contributed by atoms with Crippen LogP contribution in [0.5, 0.6) is 23.0 Å². The first kappa shape index (κ1) is 23.2. The number of nitrogens with zero attached hydrogens (tertiary/aromatic N) is 1. The van der Waals surface area contributed by atoms with Gasteiger partial charge in [-0.2, -0.15) is 0 Å². The van der Waals surface area contributed by atoms with Gasteiger partial charge in [0.1, 0.15) is 17.3 Å². The molecule has 0 spiro atoms. The lowest BCUT2D eigenvalue weighted by molar-refractivity contribution is 0.354. The summed E-state index contributed by atoms with van der Waals surface area (Å²) in [5, 5.41) is 0. The van der Waals surface area contributed by atoms with Gasteiger partial charge in [0.2, 0.25) is 0 Å². The maximum absolute atomic E-state index is 6.55. The van der Waals surface area contributed by atoms with E-state index in [0.717, 1.165) is 45.2 Å². The molecule has 0 aliphatic carbocycles. The molecule has 1 heterocycles. The van der Waals surface area contributed by atoms with Crippen LogP contribution < -0.4 is 18.9 Å². The fraction of sp³-hybridized carbons (Fsp3) is 0.129. The largest absolute Gasteiger partial charge is 0.497 e. The summed E-state index contributed by atoms with van der Waals surface area (Å²) in [7, 11) is 4.91. The zero-order chi connectivity index (χ0) is 24.9. The van der Waals surface area contributed by atoms with Crippen molar-refractivity contribution < 1.29 is 18.9 Å². The summed E-state index contributed by atoms with van der Waals surface area (Å²) in [5.74, 6) is 3.55. The van der Waals surface area contributed by atoms with Crippen molar-refractivity contribution in [1.82, 2.24) is 0 Å². The molecule has 0 bridgehead atoms. The molecule has 1 atom stereocenters. The van der Waals surface area contributed by atoms with Crippen LogP contribution in [0.4, 0.5) is 5.69 Å². The maximum atomic E-state index is 6.55. The maximum Gasteiger partial charge on any atom is 0.161 e. The molecule has 5 nitrogen and oxygen atoms in total. The summed E-state index contributed by atoms with van der Waals surface area (Å²) in [6, 6.07) is 32.0. The third-order valence-corrected chi connectivity index (χ3v) is 6.22. The lowest BCUT2D eigenvalue weighted by Crippen LogP contribution is -2.17. The molecule has 0 amide bonds. The van der Waals surface area contributed by atoms with Crippen molar-refractivity contribution in [3.8, 4) is 23.0 Å². The van der Waals surface area contributed by atoms with Gasteiger partial charge in [0, 0.05) is 28.8 Å². The lowest BCUT2D eigenvalue weighted by atomic mass is 9.81. The molecule has 4 aromatic carbocycles. The van der Waals surface area contributed by atoms with Gasteiger partial charge in [0.25, 0.3) is 0 Å². The summed E-state index contributed by atoms with van der Waals surface area (Å²) in [5.41, 5.74) is 4.88. The molecule has 0 aromatic heterocycles. The molecule has 5 heteroatoms. The summed E-state index contributed by atoms with van der Waals surface area (Å²) in [6.45, 7) is 0. The number of hydrogen-bond donors (Lipinski definition) is 0. The van der Waals surface area contributed by atoms with Gasteiger partial charge in [-0.25, -0.2) is 0 Å². The van der Waals surface area contributed by atoms with Gasteiger partial charge in [0.15, 0.2) is 11.5 Å². The van der Waals surface area contributed by atoms with Gasteiger partial charge >= 0.3 is 0 Å². The van der Waals surface area contributed by atoms with Crippen LogP contribution in [0.15, 0.2) is 108 Å². The highest BCUT2D eigenvalue weighted by Gasteiger charge is 2.31. The molecule has 0 N–H and O–H groups in total. The van der Waals surface area contributed by atoms with Crippen molar-refractivity contribution in [2.75, 3.05) is 21.3 Å². The Morgan fingerprint density at radius 2 is 1.44 bits per heavy atom. The molecular weight excluding hydrogens is 450 g/mol. The second kappa shape index (κ2) is 10.4. The quantitative estimate of drug-likeness (QED) is 0.268. The van der Waals surface area contributed by atoms with Gasteiger partial charge < -0.3 is 18.9 Å². The average molecular weight is 478 g/mol. The van der Waals surface area contributed by atoms with Crippen LogP contribution in [0.3, 0.4) is 0 Å². The van der Waals surface area contributed by atoms with Crippen LogP contribution in [-0.4, -0.2) is 27.5 Å². The van der Waals surface area contributed by atoms with Crippen molar-refractivity contribution in [3.05, 3.63) is 119 Å². The van der Waals surface area contributed by atoms with Crippen LogP contribution in [0.2, 0.25) is 0 Å². The summed E-state index contributed by atoms with van der Waals surface area (Å²) in [6.07, 6.45) is 1.90. The topological polar surface area (TPSA) is 49.3 Å². The first-order chi connectivity index (χ1) is 17.7. The predicted molar refractivity (Wildman–Crippen MR) is 143 cm³/mol. The van der Waals surface area contributed by atoms with Crippen LogP contribution in [0.1, 0.15) is 22.6 Å². The number of fused-ring (bicyclic) bond motifs is 1. The van der Waals surface area contributed by atoms with Gasteiger partial charge in [0.05, 0.1) is 27.0 Å². The third-order valence-electron chi connectivity index (χ3n) is 6.22. The smallest absolute Gasteiger partial charge is 0.161 e. The SMILES string of the molecule is COc1ccc(N=CC2=C(c3ccc(OC)c(OC)c3)Oc3ccccc3[C@H]2c2ccccc2)cc1. The number of para-hydroxylation sites is 1. The molecule has 0 saturated carbocycles. The Kier molecular flexibility index (Phi) is 6.72. The van der Waals surface area contributed by atoms with Crippen molar-refractivity contribution in [3.63, 3.8) is 0 Å². The van der Waals surface area contributed by atoms with E-state index >= 15 is 0 Å². The second-order valence-electron chi connectivity index (χ2n) is 8.29. The van der Waals surface area contributed by atoms with E-state index in [1.807, 2.05) is 72.9 Å². The number of allylic oxidation sites excluding steroid dienone is 1. The number of rotatable bonds is 7. The highest BCUT2D eigenvalue weighted by atomic mass is 16.5. The standard InChI is InChI=1S/C31H27NO4/c1-33-24-16-14-23(15-17-24)32-20-26-30(21-9-5-4-6-10-21)25-11-7-8-12-27(25)36-31(26)22-13-18-28(34-2)29(19-22)35-3/h4-20,30H,1-3H3/t30-/m1/s1. The Bertz CT molecular complexity index is 1410. The fourth-order valence-corrected chi connectivity index (χ4v) is 4.43. The lowest BCUT2D eigenvalue weighted by Gasteiger charge is -2.30. The van der Waals surface area contributed by atoms with Crippen LogP contribution in [0, 0.1) is 0 Å². The van der Waals surface area contributed by atoms with Crippen LogP contribution in [-0.2, 0) is 0 Å². The van der Waals surface area contributed by atoms with Gasteiger partial charge in [-0.05, 0) is 54.1 Å². The second-order valence-corrected chi connectivity index (χ2v) is 8.29. The minimum Gasteiger partial charge on any atom is -0.497 e. The number of hydrogen-bond acceptors (Lipinski definition) is 5. The first-order valence-electron chi connectivity index (χ1n) is 11.7. The third kappa shape index (κ3) is 4.56. The Hall–Kier alpha value is -4.51. The van der Waals surface area contributed by atoms with Crippen LogP contribution in [0.25, 0.3) is 5.76 Å². The molecule has 36 heavy (non-hydrogen) atoms. The Labute approximate surface area is 211 Å². The molecule has 180 valence electrons. The zero-order valence-corrected chi connectivity index (χ0v) is 20.5. The minimum atomic E-state index is -0.0683. The zero-order valence-electron chi connectivity index (χ0n) is 20.5. The van der Waals surface area contributed by atoms with E-state index in [1.165, 1.54) is 0 Å². The monoisotopic (exact) mass is 477 g/mol. The van der Waals surface area contributed by atoms with Crippen molar-refractivity contribution in [1.29, 1.82) is 0 Å². The fourth-order valence-electron chi connectivity index (χ4n) is 4.43. The van der Waals surface area contributed by atoms with E-state index in [-0.39, 0.29) is 5.92 Å². The molecule has 0 fully saturated rings. The molecule has 1 aliphatic heterocycles. The highest BCUT2D eigenvalue weighted by molar-refractivity contribution is 5.95. The van der Waals surface area contributed by atoms with E-state index in [0.29, 0.717) is 11.5 Å². The summed E-state index contributed by atoms with van der Waals surface area (Å²) >= 11 is 0. The van der Waals surface area contributed by atoms with E-state index in [4.69, 9.17) is 23.9 Å². The molecule has 0 unspecified atom stereocenters. The highest BCUT2D eigenvalue weighted by Crippen LogP contribution is 2.46. The van der Waals surface area contributed by atoms with E-state index in [9.17, 15) is 0 Å². The Morgan fingerprint density at radius 1 is 0.722 bits per heavy atom. The van der Waals surface area contributed by atoms with Gasteiger partial charge in [-0.15, -0.1) is 0 Å². The molecule has 0 saturated heterocycles. The van der Waals surface area contributed by atoms with Gasteiger partial charge in [-0.1, -0.05) is 48.5 Å². The average Bonchev–Trinajstić information content (AvgIpc) is 2.95. The molecule has 0 radical (unpaired) electrons. The molecule has 5 rings (SSSR count). The van der Waals surface area contributed by atoms with E-state index in [2.05, 4.69) is 30.3 Å². The number of benzene rings is 4. The van der Waals surface area contributed by atoms with Gasteiger partial charge in [-0.3, -0.25) is 4.99 Å². The number of methoxy groups -OCH3 is 3. The molecular formula is C31H27NO4. The minimum absolute atomic E-state index is 0.0683. The number of ether oxygens (including phenoxy) is 4. The van der Waals surface area contributed by atoms with Crippen molar-refractivity contribution in [2.45, 2.75) is 5.92 Å². The van der Waals surface area contributed by atoms with Crippen molar-refractivity contribution in [2.24, 2.45) is 4.99 Å². The number of aliphatic imine (C=N–C) groups is 1. The molecule has 1 aliphatic rings. The van der Waals surface area contributed by atoms with Crippen molar-refractivity contribution >= 4 is 17.7 Å². The first-order valence-corrected chi connectivity index (χ1v) is 11.7. The normalized spacial score (nSPS) is 14.8. The Morgan fingerprint density at radius 3 is 2.17 bits per heavy atom. The van der Waals surface area contributed by atoms with E-state index in [1.54, 1.807) is 21.3 Å².